The first-order valence-electron chi connectivity index (χ1n) is 31.7. The van der Waals surface area contributed by atoms with E-state index in [0.29, 0.717) is 19.3 Å². The van der Waals surface area contributed by atoms with Gasteiger partial charge >= 0.3 is 17.9 Å². The molecule has 0 aromatic heterocycles. The predicted molar refractivity (Wildman–Crippen MR) is 303 cm³/mol. The molecule has 1 atom stereocenters. The quantitative estimate of drug-likeness (QED) is 0.0261. The van der Waals surface area contributed by atoms with Crippen LogP contribution in [-0.4, -0.2) is 37.2 Å². The summed E-state index contributed by atoms with van der Waals surface area (Å²) in [4.78, 5) is 37.9. The van der Waals surface area contributed by atoms with Crippen LogP contribution in [-0.2, 0) is 28.6 Å². The van der Waals surface area contributed by atoms with Gasteiger partial charge in [-0.25, -0.2) is 0 Å². The topological polar surface area (TPSA) is 78.9 Å². The Morgan fingerprint density at radius 2 is 0.471 bits per heavy atom. The second kappa shape index (κ2) is 59.7. The van der Waals surface area contributed by atoms with E-state index >= 15 is 0 Å². The fourth-order valence-electron chi connectivity index (χ4n) is 9.74. The van der Waals surface area contributed by atoms with Gasteiger partial charge in [-0.1, -0.05) is 309 Å². The fraction of sp³-hybridized carbons (Fsp3) is 0.922. The van der Waals surface area contributed by atoms with Gasteiger partial charge in [0.1, 0.15) is 13.2 Å². The molecule has 0 aliphatic heterocycles. The predicted octanol–water partition coefficient (Wildman–Crippen LogP) is 21.3. The van der Waals surface area contributed by atoms with Gasteiger partial charge in [0.05, 0.1) is 0 Å². The monoisotopic (exact) mass is 987 g/mol. The van der Waals surface area contributed by atoms with E-state index in [1.54, 1.807) is 0 Å². The minimum atomic E-state index is -0.767. The number of hydrogen-bond acceptors (Lipinski definition) is 6. The van der Waals surface area contributed by atoms with Crippen molar-refractivity contribution in [2.75, 3.05) is 13.2 Å². The molecule has 0 aromatic rings. The first kappa shape index (κ1) is 68.2. The lowest BCUT2D eigenvalue weighted by atomic mass is 10.0. The molecule has 70 heavy (non-hydrogen) atoms. The number of hydrogen-bond donors (Lipinski definition) is 0. The molecule has 0 spiro atoms. The Hall–Kier alpha value is -1.85. The summed E-state index contributed by atoms with van der Waals surface area (Å²) in [6.07, 6.45) is 69.9. The Labute approximate surface area is 437 Å². The van der Waals surface area contributed by atoms with Crippen molar-refractivity contribution >= 4 is 17.9 Å². The highest BCUT2D eigenvalue weighted by molar-refractivity contribution is 5.71. The first-order chi connectivity index (χ1) is 34.5. The Morgan fingerprint density at radius 3 is 0.714 bits per heavy atom. The highest BCUT2D eigenvalue weighted by Gasteiger charge is 2.19. The molecule has 0 amide bonds. The van der Waals surface area contributed by atoms with E-state index in [1.165, 1.54) is 257 Å². The standard InChI is InChI=1S/C64H122O6/c1-4-7-10-13-16-18-20-22-24-26-27-28-29-30-31-32-33-34-35-36-37-38-39-41-42-44-46-48-51-54-57-63(66)69-60-61(59-68-62(65)56-53-50-15-12-9-6-3)70-64(67)58-55-52-49-47-45-43-40-25-23-21-19-17-14-11-8-5-2/h25,40,61H,4-24,26-39,41-60H2,1-3H3/b40-25-. The lowest BCUT2D eigenvalue weighted by Gasteiger charge is -2.18. The number of allylic oxidation sites excluding steroid dienone is 2. The van der Waals surface area contributed by atoms with Crippen molar-refractivity contribution in [2.24, 2.45) is 0 Å². The average molecular weight is 988 g/mol. The Balaban J connectivity index is 3.94. The van der Waals surface area contributed by atoms with Crippen molar-refractivity contribution in [3.05, 3.63) is 12.2 Å². The Kier molecular flexibility index (Phi) is 58.1. The summed E-state index contributed by atoms with van der Waals surface area (Å²) in [5.74, 6) is -0.864. The number of carbonyl (C=O) groups is 3. The lowest BCUT2D eigenvalue weighted by molar-refractivity contribution is -0.167. The maximum absolute atomic E-state index is 12.8. The molecule has 0 rings (SSSR count). The molecule has 0 N–H and O–H groups in total. The lowest BCUT2D eigenvalue weighted by Crippen LogP contribution is -2.30. The highest BCUT2D eigenvalue weighted by atomic mass is 16.6. The van der Waals surface area contributed by atoms with Crippen LogP contribution < -0.4 is 0 Å². The van der Waals surface area contributed by atoms with Crippen LogP contribution in [0.4, 0.5) is 0 Å². The van der Waals surface area contributed by atoms with Crippen LogP contribution in [0.5, 0.6) is 0 Å². The van der Waals surface area contributed by atoms with Gasteiger partial charge in [0.15, 0.2) is 6.10 Å². The molecular weight excluding hydrogens is 865 g/mol. The van der Waals surface area contributed by atoms with Crippen LogP contribution >= 0.6 is 0 Å². The van der Waals surface area contributed by atoms with Crippen molar-refractivity contribution in [3.63, 3.8) is 0 Å². The molecule has 0 fully saturated rings. The fourth-order valence-corrected chi connectivity index (χ4v) is 9.74. The normalized spacial score (nSPS) is 12.0. The summed E-state index contributed by atoms with van der Waals surface area (Å²) >= 11 is 0. The van der Waals surface area contributed by atoms with Crippen LogP contribution in [0.25, 0.3) is 0 Å². The van der Waals surface area contributed by atoms with Crippen molar-refractivity contribution < 1.29 is 28.6 Å². The highest BCUT2D eigenvalue weighted by Crippen LogP contribution is 2.18. The average Bonchev–Trinajstić information content (AvgIpc) is 3.36. The van der Waals surface area contributed by atoms with E-state index in [2.05, 4.69) is 32.9 Å². The molecule has 6 heteroatoms. The van der Waals surface area contributed by atoms with Crippen molar-refractivity contribution in [3.8, 4) is 0 Å². The molecule has 414 valence electrons. The molecule has 0 aliphatic rings. The summed E-state index contributed by atoms with van der Waals surface area (Å²) < 4.78 is 16.8. The molecule has 6 nitrogen and oxygen atoms in total. The third kappa shape index (κ3) is 57.1. The van der Waals surface area contributed by atoms with E-state index in [9.17, 15) is 14.4 Å². The van der Waals surface area contributed by atoms with Crippen LogP contribution in [0.15, 0.2) is 12.2 Å². The van der Waals surface area contributed by atoms with E-state index in [0.717, 1.165) is 64.2 Å². The zero-order valence-electron chi connectivity index (χ0n) is 47.6. The van der Waals surface area contributed by atoms with Crippen molar-refractivity contribution in [1.29, 1.82) is 0 Å². The molecule has 0 saturated heterocycles. The molecule has 0 saturated carbocycles. The smallest absolute Gasteiger partial charge is 0.306 e. The van der Waals surface area contributed by atoms with Gasteiger partial charge in [-0.2, -0.15) is 0 Å². The van der Waals surface area contributed by atoms with Crippen LogP contribution in [0.2, 0.25) is 0 Å². The maximum atomic E-state index is 12.8. The Morgan fingerprint density at radius 1 is 0.271 bits per heavy atom. The van der Waals surface area contributed by atoms with Crippen molar-refractivity contribution in [1.82, 2.24) is 0 Å². The van der Waals surface area contributed by atoms with Gasteiger partial charge in [0, 0.05) is 19.3 Å². The summed E-state index contributed by atoms with van der Waals surface area (Å²) in [5, 5.41) is 0. The van der Waals surface area contributed by atoms with Crippen LogP contribution in [0.1, 0.15) is 361 Å². The van der Waals surface area contributed by atoms with Gasteiger partial charge in [0.25, 0.3) is 0 Å². The minimum absolute atomic E-state index is 0.0685. The summed E-state index contributed by atoms with van der Waals surface area (Å²) in [6.45, 7) is 6.63. The summed E-state index contributed by atoms with van der Waals surface area (Å²) in [6, 6.07) is 0. The second-order valence-electron chi connectivity index (χ2n) is 21.7. The zero-order chi connectivity index (χ0) is 50.7. The van der Waals surface area contributed by atoms with Crippen LogP contribution in [0.3, 0.4) is 0 Å². The zero-order valence-corrected chi connectivity index (χ0v) is 47.6. The molecule has 1 unspecified atom stereocenters. The van der Waals surface area contributed by atoms with Gasteiger partial charge in [-0.15, -0.1) is 0 Å². The van der Waals surface area contributed by atoms with Crippen molar-refractivity contribution in [2.45, 2.75) is 367 Å². The summed E-state index contributed by atoms with van der Waals surface area (Å²) in [7, 11) is 0. The molecular formula is C64H122O6. The summed E-state index contributed by atoms with van der Waals surface area (Å²) in [5.41, 5.74) is 0. The van der Waals surface area contributed by atoms with E-state index in [4.69, 9.17) is 14.2 Å². The Bertz CT molecular complexity index is 1090. The van der Waals surface area contributed by atoms with Crippen LogP contribution in [0, 0.1) is 0 Å². The number of rotatable bonds is 59. The van der Waals surface area contributed by atoms with E-state index in [1.807, 2.05) is 0 Å². The SMILES string of the molecule is CCCCCCCCC/C=C\CCCCCCCC(=O)OC(COC(=O)CCCCCCCC)COC(=O)CCCCCCCCCCCCCCCCCCCCCCCCCCCCCCCC. The van der Waals surface area contributed by atoms with Gasteiger partial charge in [-0.3, -0.25) is 14.4 Å². The number of carbonyl (C=O) groups excluding carboxylic acids is 3. The van der Waals surface area contributed by atoms with E-state index in [-0.39, 0.29) is 31.1 Å². The number of ether oxygens (including phenoxy) is 3. The maximum Gasteiger partial charge on any atom is 0.306 e. The largest absolute Gasteiger partial charge is 0.462 e. The molecule has 0 bridgehead atoms. The van der Waals surface area contributed by atoms with E-state index < -0.39 is 6.10 Å². The molecule has 0 heterocycles. The molecule has 0 aromatic carbocycles. The molecule has 0 aliphatic carbocycles. The van der Waals surface area contributed by atoms with Gasteiger partial charge in [-0.05, 0) is 44.9 Å². The number of esters is 3. The molecule has 0 radical (unpaired) electrons. The third-order valence-corrected chi connectivity index (χ3v) is 14.5. The van der Waals surface area contributed by atoms with Gasteiger partial charge in [0.2, 0.25) is 0 Å². The third-order valence-electron chi connectivity index (χ3n) is 14.5. The second-order valence-corrected chi connectivity index (χ2v) is 21.7. The first-order valence-corrected chi connectivity index (χ1v) is 31.7. The number of unbranched alkanes of at least 4 members (excludes halogenated alkanes) is 46. The minimum Gasteiger partial charge on any atom is -0.462 e. The van der Waals surface area contributed by atoms with Gasteiger partial charge < -0.3 is 14.2 Å².